The summed E-state index contributed by atoms with van der Waals surface area (Å²) in [6, 6.07) is 19.8. The second-order valence-electron chi connectivity index (χ2n) is 54.1. The number of ether oxygens (including phenoxy) is 5. The molecule has 1 heterocycles. The SMILES string of the molecule is C.C.C1CCOC1.CC(C)O.CC(C)OC(=O)[C@H]1CC[C@]2(C)[C@H]3C(=O)C=C4[C@@H]5C[C@@](C)(C(=O)O)CC[C@]5(C)CC[C@@]4(C)[C@]3(C)CC[C@H]2C1(C)C.CC(C)OC(=O)[C@H]1CC[C@]2(C)[C@H]3C(=O)C=C4[C@@H]5C[C@@](C)(C(=O)OCc6ccccc6)CC[C@]5(C)CC[C@@]4(C)[C@]3(C)CC[C@H]2C1(C)C.CC1(C)[C@@H](C(=O)Cl)CC[C@]2(C)[C@H]3C(=O)C=C4[C@@H]5C[C@@](C)(C(=O)OCc6ccccc6)CC[C@]5(C)CC[C@@]4(C)[C@]3(C)CC[C@@H]12.[2H]CC. The summed E-state index contributed by atoms with van der Waals surface area (Å²) in [5, 5.41) is 18.0. The molecular formula is C124H191ClO16. The lowest BCUT2D eigenvalue weighted by Crippen LogP contribution is -2.66. The molecule has 12 saturated carbocycles. The molecule has 0 amide bonds. The van der Waals surface area contributed by atoms with Crippen LogP contribution < -0.4 is 0 Å². The number of aliphatic hydroxyl groups excluding tert-OH is 1. The van der Waals surface area contributed by atoms with Crippen molar-refractivity contribution < 1.29 is 78.4 Å². The molecule has 141 heavy (non-hydrogen) atoms. The van der Waals surface area contributed by atoms with Crippen LogP contribution in [0.1, 0.15) is 414 Å². The Labute approximate surface area is 859 Å². The van der Waals surface area contributed by atoms with Crippen molar-refractivity contribution in [1.82, 2.24) is 0 Å². The average Bonchev–Trinajstić information content (AvgIpc) is 0.710. The molecule has 16 aliphatic rings. The predicted octanol–water partition coefficient (Wildman–Crippen LogP) is 29.5. The number of carbonyl (C=O) groups is 9. The van der Waals surface area contributed by atoms with E-state index in [4.69, 9.17) is 41.8 Å². The van der Waals surface area contributed by atoms with Crippen molar-refractivity contribution in [3.8, 4) is 0 Å². The molecule has 0 radical (unpaired) electrons. The Morgan fingerprint density at radius 3 is 0.943 bits per heavy atom. The molecule has 0 bridgehead atoms. The van der Waals surface area contributed by atoms with Gasteiger partial charge < -0.3 is 33.9 Å². The number of benzene rings is 2. The van der Waals surface area contributed by atoms with Gasteiger partial charge in [0.1, 0.15) is 13.2 Å². The first-order valence-electron chi connectivity index (χ1n) is 55.2. The van der Waals surface area contributed by atoms with Crippen molar-refractivity contribution in [3.63, 3.8) is 0 Å². The standard InChI is InChI=1S/C41H58O5.C38H51ClO4.C34H52O5.C4H8O.C3H8O.C2H6.2CH4/c1-26(2)46-34(43)28-15-17-39(7)32(36(28,3)4)16-18-41(9)33(39)31(42)23-29-30-24-38(6,20-19-37(30,5)21-22-40(29,41)8)35(44)45-25-27-13-11-10-12-14-27;1-33(2)25(31(39)41)13-15-36(5)29(33)14-16-38(7)30(36)28(40)21-26-27-22-35(4,18-17-34(27,3)19-20-37(26,38)6)32(42)43-23-24-11-9-8-10-12-24;1-20(2)39-27(36)21-10-12-32(7)25(29(21,3)4)11-13-34(9)26(32)24(35)18-22-23-19-31(6,28(37)38)15-14-30(23,5)16-17-33(22,34)8;1-2-4-5-3-1;1-3(2)4;1-2;;/h10-14,23,26,28,30,32-33H,15-22,24-25H2,1-9H3;8-12,21,25,27,29-30H,13-20,22-23H2,1-7H3;18,20-21,23,25-26H,10-17,19H2,1-9H3,(H,37,38);1-4H2;3-4H,1-2H3;1-2H3;2*1H4/t28-,30+,32+,33-,37-,38+,39+,40-,41-;25-,27+,29+,30-,34-,35+,36+,37-,38-;21-,23+,25+,26-,30-,31+,32+,33-,34-;;;;;/m111...../s1/i;;;;;1D;;. The zero-order valence-corrected chi connectivity index (χ0v) is 92.0. The average molecular weight is 1970 g/mol. The fourth-order valence-electron chi connectivity index (χ4n) is 35.3. The predicted molar refractivity (Wildman–Crippen MR) is 564 cm³/mol. The van der Waals surface area contributed by atoms with Crippen molar-refractivity contribution in [1.29, 1.82) is 0 Å². The minimum Gasteiger partial charge on any atom is -0.481 e. The van der Waals surface area contributed by atoms with Crippen LogP contribution in [0.3, 0.4) is 0 Å². The fourth-order valence-corrected chi connectivity index (χ4v) is 35.7. The van der Waals surface area contributed by atoms with Gasteiger partial charge in [0, 0.05) is 44.4 Å². The molecule has 0 aromatic heterocycles. The lowest BCUT2D eigenvalue weighted by Gasteiger charge is -2.70. The maximum atomic E-state index is 14.7. The van der Waals surface area contributed by atoms with E-state index >= 15 is 0 Å². The number of ketones is 3. The van der Waals surface area contributed by atoms with Crippen molar-refractivity contribution in [2.75, 3.05) is 13.2 Å². The number of aliphatic carboxylic acids is 1. The molecule has 1 saturated heterocycles. The van der Waals surface area contributed by atoms with Gasteiger partial charge in [0.05, 0.1) is 40.3 Å². The third-order valence-electron chi connectivity index (χ3n) is 44.1. The van der Waals surface area contributed by atoms with Crippen LogP contribution in [-0.2, 0) is 80.0 Å². The number of hydrogen-bond donors (Lipinski definition) is 2. The Balaban J connectivity index is 0.000000191. The number of carbonyl (C=O) groups excluding carboxylic acids is 8. The highest BCUT2D eigenvalue weighted by atomic mass is 35.5. The van der Waals surface area contributed by atoms with E-state index in [9.17, 15) is 48.3 Å². The molecule has 0 spiro atoms. The number of esters is 4. The van der Waals surface area contributed by atoms with Gasteiger partial charge in [-0.3, -0.25) is 43.2 Å². The van der Waals surface area contributed by atoms with Gasteiger partial charge in [0.2, 0.25) is 5.24 Å². The Hall–Kier alpha value is -6.10. The first-order chi connectivity index (χ1) is 64.9. The van der Waals surface area contributed by atoms with E-state index in [1.165, 1.54) is 29.6 Å². The monoisotopic (exact) mass is 1970 g/mol. The lowest BCUT2D eigenvalue weighted by atomic mass is 9.33. The Morgan fingerprint density at radius 1 is 0.404 bits per heavy atom. The number of carboxylic acid groups (broad SMARTS) is 1. The lowest BCUT2D eigenvalue weighted by molar-refractivity contribution is -0.202. The molecule has 27 atom stereocenters. The Bertz CT molecular complexity index is 5030. The normalized spacial score (nSPS) is 42.4. The van der Waals surface area contributed by atoms with Crippen LogP contribution in [0.15, 0.2) is 95.6 Å². The molecule has 13 fully saturated rings. The summed E-state index contributed by atoms with van der Waals surface area (Å²) in [6.07, 6.45) is 33.0. The quantitative estimate of drug-likeness (QED) is 0.114. The topological polar surface area (TPSA) is 240 Å². The summed E-state index contributed by atoms with van der Waals surface area (Å²) in [6.45, 7) is 64.3. The number of fused-ring (bicyclic) bond motifs is 21. The molecule has 2 aromatic rings. The summed E-state index contributed by atoms with van der Waals surface area (Å²) < 4.78 is 34.5. The van der Waals surface area contributed by atoms with Crippen molar-refractivity contribution in [2.45, 2.75) is 433 Å². The largest absolute Gasteiger partial charge is 0.481 e. The molecule has 15 aliphatic carbocycles. The molecule has 0 unspecified atom stereocenters. The zero-order valence-electron chi connectivity index (χ0n) is 92.2. The molecule has 2 aromatic carbocycles. The van der Waals surface area contributed by atoms with E-state index < -0.39 is 22.2 Å². The minimum absolute atomic E-state index is 0. The van der Waals surface area contributed by atoms with E-state index in [2.05, 4.69) is 151 Å². The summed E-state index contributed by atoms with van der Waals surface area (Å²) in [5.74, 6) is 0.343. The van der Waals surface area contributed by atoms with Crippen LogP contribution in [0.2, 0.25) is 0 Å². The number of carboxylic acids is 1. The third kappa shape index (κ3) is 19.6. The smallest absolute Gasteiger partial charge is 0.312 e. The number of halogens is 1. The second kappa shape index (κ2) is 41.1. The number of allylic oxidation sites excluding steroid dienone is 6. The summed E-state index contributed by atoms with van der Waals surface area (Å²) in [4.78, 5) is 122. The maximum absolute atomic E-state index is 14.7. The molecule has 790 valence electrons. The van der Waals surface area contributed by atoms with Gasteiger partial charge in [0.25, 0.3) is 0 Å². The molecular weight excluding hydrogens is 1780 g/mol. The van der Waals surface area contributed by atoms with Crippen LogP contribution in [0.4, 0.5) is 0 Å². The van der Waals surface area contributed by atoms with E-state index in [0.29, 0.717) is 33.0 Å². The van der Waals surface area contributed by atoms with E-state index in [0.717, 1.165) is 185 Å². The maximum Gasteiger partial charge on any atom is 0.312 e. The van der Waals surface area contributed by atoms with Crippen LogP contribution in [0, 0.1) is 168 Å². The van der Waals surface area contributed by atoms with Crippen molar-refractivity contribution >= 4 is 64.0 Å². The second-order valence-corrected chi connectivity index (χ2v) is 54.5. The molecule has 1 aliphatic heterocycles. The highest BCUT2D eigenvalue weighted by Gasteiger charge is 2.76. The molecule has 2 N–H and O–H groups in total. The van der Waals surface area contributed by atoms with Gasteiger partial charge in [-0.05, 0) is 406 Å². The van der Waals surface area contributed by atoms with Crippen LogP contribution in [0.25, 0.3) is 0 Å². The summed E-state index contributed by atoms with van der Waals surface area (Å²) in [7, 11) is 0. The van der Waals surface area contributed by atoms with Crippen molar-refractivity contribution in [3.05, 3.63) is 107 Å². The van der Waals surface area contributed by atoms with Gasteiger partial charge in [-0.1, -0.05) is 231 Å². The summed E-state index contributed by atoms with van der Waals surface area (Å²) in [5.41, 5.74) is 2.03. The van der Waals surface area contributed by atoms with E-state index in [-0.39, 0.29) is 232 Å². The summed E-state index contributed by atoms with van der Waals surface area (Å²) >= 11 is 6.15. The fraction of sp³-hybridized carbons (Fsp3) is 0.782. The first-order valence-corrected chi connectivity index (χ1v) is 54.9. The number of rotatable bonds is 12. The minimum atomic E-state index is -0.735. The van der Waals surface area contributed by atoms with Gasteiger partial charge in [0.15, 0.2) is 17.3 Å². The van der Waals surface area contributed by atoms with Gasteiger partial charge in [-0.15, -0.1) is 0 Å². The van der Waals surface area contributed by atoms with Gasteiger partial charge in [-0.25, -0.2) is 0 Å². The van der Waals surface area contributed by atoms with Crippen LogP contribution >= 0.6 is 11.6 Å². The zero-order chi connectivity index (χ0) is 104. The first kappa shape index (κ1) is 114. The number of aliphatic hydroxyl groups is 1. The number of hydrogen-bond acceptors (Lipinski definition) is 15. The molecule has 17 heteroatoms. The van der Waals surface area contributed by atoms with Crippen LogP contribution in [-0.4, -0.2) is 94.2 Å². The highest BCUT2D eigenvalue weighted by Crippen LogP contribution is 2.81. The van der Waals surface area contributed by atoms with Crippen LogP contribution in [0.5, 0.6) is 0 Å². The molecule has 16 nitrogen and oxygen atoms in total. The van der Waals surface area contributed by atoms with Gasteiger partial charge >= 0.3 is 29.8 Å². The highest BCUT2D eigenvalue weighted by molar-refractivity contribution is 6.64. The third-order valence-corrected chi connectivity index (χ3v) is 44.4. The van der Waals surface area contributed by atoms with Gasteiger partial charge in [-0.2, -0.15) is 0 Å². The Kier molecular flexibility index (Phi) is 33.1. The van der Waals surface area contributed by atoms with Crippen molar-refractivity contribution in [2.24, 2.45) is 168 Å². The van der Waals surface area contributed by atoms with E-state index in [1.54, 1.807) is 20.8 Å². The molecule has 18 rings (SSSR count). The van der Waals surface area contributed by atoms with E-state index in [1.807, 2.05) is 101 Å². The Morgan fingerprint density at radius 2 is 0.674 bits per heavy atom.